The number of benzene rings is 2. The summed E-state index contributed by atoms with van der Waals surface area (Å²) in [5.41, 5.74) is 1.71. The number of carbonyl (C=O) groups excluding carboxylic acids is 1. The Morgan fingerprint density at radius 3 is 2.72 bits per heavy atom. The zero-order valence-corrected chi connectivity index (χ0v) is 13.8. The van der Waals surface area contributed by atoms with E-state index in [1.54, 1.807) is 25.1 Å². The molecule has 7 heteroatoms. The van der Waals surface area contributed by atoms with Crippen LogP contribution in [0.25, 0.3) is 11.4 Å². The molecule has 1 amide bonds. The molecule has 0 unspecified atom stereocenters. The van der Waals surface area contributed by atoms with E-state index in [4.69, 9.17) is 4.74 Å². The molecule has 0 spiro atoms. The summed E-state index contributed by atoms with van der Waals surface area (Å²) in [5.74, 6) is 0.473. The first-order chi connectivity index (χ1) is 12.0. The van der Waals surface area contributed by atoms with Gasteiger partial charge in [-0.25, -0.2) is 4.39 Å². The number of aromatic nitrogens is 3. The largest absolute Gasteiger partial charge is 0.481 e. The van der Waals surface area contributed by atoms with Crippen LogP contribution in [0, 0.1) is 12.7 Å². The van der Waals surface area contributed by atoms with Gasteiger partial charge in [-0.3, -0.25) is 15.2 Å². The maximum Gasteiger partial charge on any atom is 0.267 e. The van der Waals surface area contributed by atoms with Crippen molar-refractivity contribution in [2.24, 2.45) is 0 Å². The lowest BCUT2D eigenvalue weighted by molar-refractivity contribution is -0.122. The standard InChI is InChI=1S/C18H17FN4O2/c1-11-4-3-5-15(10-11)25-12(2)17(24)21-18-20-16(22-23-18)13-6-8-14(19)9-7-13/h3-10,12H,1-2H3,(H2,20,21,22,23,24)/t12-/m0/s1. The number of anilines is 1. The van der Waals surface area contributed by atoms with Crippen LogP contribution < -0.4 is 10.1 Å². The van der Waals surface area contributed by atoms with Crippen LogP contribution in [0.1, 0.15) is 12.5 Å². The van der Waals surface area contributed by atoms with Crippen LogP contribution in [0.15, 0.2) is 48.5 Å². The van der Waals surface area contributed by atoms with Gasteiger partial charge in [0.2, 0.25) is 5.95 Å². The number of aromatic amines is 1. The molecule has 2 N–H and O–H groups in total. The average Bonchev–Trinajstić information content (AvgIpc) is 3.04. The highest BCUT2D eigenvalue weighted by Crippen LogP contribution is 2.17. The van der Waals surface area contributed by atoms with Gasteiger partial charge in [-0.05, 0) is 55.8 Å². The van der Waals surface area contributed by atoms with Crippen molar-refractivity contribution in [1.29, 1.82) is 0 Å². The van der Waals surface area contributed by atoms with Crippen molar-refractivity contribution in [2.45, 2.75) is 20.0 Å². The number of hydrogen-bond donors (Lipinski definition) is 2. The Kier molecular flexibility index (Phi) is 4.74. The molecule has 25 heavy (non-hydrogen) atoms. The third-order valence-electron chi connectivity index (χ3n) is 3.51. The van der Waals surface area contributed by atoms with Crippen molar-refractivity contribution < 1.29 is 13.9 Å². The van der Waals surface area contributed by atoms with Crippen LogP contribution in [0.4, 0.5) is 10.3 Å². The molecule has 2 aromatic carbocycles. The lowest BCUT2D eigenvalue weighted by atomic mass is 10.2. The van der Waals surface area contributed by atoms with Gasteiger partial charge in [0, 0.05) is 5.56 Å². The maximum atomic E-state index is 13.0. The first-order valence-electron chi connectivity index (χ1n) is 7.74. The summed E-state index contributed by atoms with van der Waals surface area (Å²) in [6.45, 7) is 3.59. The van der Waals surface area contributed by atoms with Crippen LogP contribution in [-0.2, 0) is 4.79 Å². The third-order valence-corrected chi connectivity index (χ3v) is 3.51. The Labute approximate surface area is 144 Å². The van der Waals surface area contributed by atoms with E-state index in [-0.39, 0.29) is 17.7 Å². The molecule has 6 nitrogen and oxygen atoms in total. The van der Waals surface area contributed by atoms with Crippen molar-refractivity contribution in [3.05, 3.63) is 59.9 Å². The minimum Gasteiger partial charge on any atom is -0.481 e. The summed E-state index contributed by atoms with van der Waals surface area (Å²) in [6.07, 6.45) is -0.713. The first kappa shape index (κ1) is 16.6. The fourth-order valence-electron chi connectivity index (χ4n) is 2.21. The van der Waals surface area contributed by atoms with E-state index in [0.717, 1.165) is 5.56 Å². The number of halogens is 1. The van der Waals surface area contributed by atoms with E-state index in [1.165, 1.54) is 12.1 Å². The molecular weight excluding hydrogens is 323 g/mol. The third kappa shape index (κ3) is 4.20. The van der Waals surface area contributed by atoms with Gasteiger partial charge in [0.05, 0.1) is 0 Å². The van der Waals surface area contributed by atoms with Crippen molar-refractivity contribution >= 4 is 11.9 Å². The molecule has 0 aliphatic carbocycles. The molecule has 0 aliphatic heterocycles. The van der Waals surface area contributed by atoms with Crippen molar-refractivity contribution in [3.8, 4) is 17.1 Å². The Morgan fingerprint density at radius 2 is 2.00 bits per heavy atom. The number of ether oxygens (including phenoxy) is 1. The number of H-pyrrole nitrogens is 1. The molecule has 3 rings (SSSR count). The molecule has 1 aromatic heterocycles. The monoisotopic (exact) mass is 340 g/mol. The van der Waals surface area contributed by atoms with E-state index in [1.807, 2.05) is 25.1 Å². The summed E-state index contributed by atoms with van der Waals surface area (Å²) in [7, 11) is 0. The van der Waals surface area contributed by atoms with Gasteiger partial charge in [-0.1, -0.05) is 12.1 Å². The van der Waals surface area contributed by atoms with Gasteiger partial charge in [-0.15, -0.1) is 5.10 Å². The topological polar surface area (TPSA) is 79.9 Å². The van der Waals surface area contributed by atoms with Crippen molar-refractivity contribution in [1.82, 2.24) is 15.2 Å². The van der Waals surface area contributed by atoms with Gasteiger partial charge in [0.15, 0.2) is 11.9 Å². The van der Waals surface area contributed by atoms with E-state index >= 15 is 0 Å². The average molecular weight is 340 g/mol. The molecular formula is C18H17FN4O2. The molecule has 0 bridgehead atoms. The van der Waals surface area contributed by atoms with Crippen LogP contribution in [0.5, 0.6) is 5.75 Å². The second-order valence-corrected chi connectivity index (χ2v) is 5.58. The van der Waals surface area contributed by atoms with Crippen LogP contribution >= 0.6 is 0 Å². The highest BCUT2D eigenvalue weighted by molar-refractivity contribution is 5.92. The van der Waals surface area contributed by atoms with Gasteiger partial charge in [-0.2, -0.15) is 4.98 Å². The van der Waals surface area contributed by atoms with Gasteiger partial charge in [0.1, 0.15) is 11.6 Å². The number of nitrogens with zero attached hydrogens (tertiary/aromatic N) is 2. The number of carbonyl (C=O) groups is 1. The Morgan fingerprint density at radius 1 is 1.24 bits per heavy atom. The molecule has 0 aliphatic rings. The first-order valence-corrected chi connectivity index (χ1v) is 7.74. The zero-order chi connectivity index (χ0) is 17.8. The summed E-state index contributed by atoms with van der Waals surface area (Å²) in [5, 5.41) is 9.23. The maximum absolute atomic E-state index is 13.0. The Bertz CT molecular complexity index is 877. The van der Waals surface area contributed by atoms with E-state index in [9.17, 15) is 9.18 Å². The zero-order valence-electron chi connectivity index (χ0n) is 13.8. The summed E-state index contributed by atoms with van der Waals surface area (Å²) >= 11 is 0. The highest BCUT2D eigenvalue weighted by atomic mass is 19.1. The lowest BCUT2D eigenvalue weighted by Gasteiger charge is -2.13. The molecule has 0 radical (unpaired) electrons. The molecule has 1 heterocycles. The van der Waals surface area contributed by atoms with Crippen LogP contribution in [0.2, 0.25) is 0 Å². The summed E-state index contributed by atoms with van der Waals surface area (Å²) < 4.78 is 18.6. The summed E-state index contributed by atoms with van der Waals surface area (Å²) in [4.78, 5) is 16.4. The quantitative estimate of drug-likeness (QED) is 0.747. The predicted octanol–water partition coefficient (Wildman–Crippen LogP) is 3.33. The van der Waals surface area contributed by atoms with Crippen molar-refractivity contribution in [3.63, 3.8) is 0 Å². The SMILES string of the molecule is Cc1cccc(O[C@@H](C)C(=O)Nc2n[nH]c(-c3ccc(F)cc3)n2)c1. The molecule has 3 aromatic rings. The van der Waals surface area contributed by atoms with Crippen LogP contribution in [-0.4, -0.2) is 27.2 Å². The number of amides is 1. The van der Waals surface area contributed by atoms with Gasteiger partial charge >= 0.3 is 0 Å². The molecule has 1 atom stereocenters. The fraction of sp³-hybridized carbons (Fsp3) is 0.167. The van der Waals surface area contributed by atoms with Crippen molar-refractivity contribution in [2.75, 3.05) is 5.32 Å². The molecule has 0 fully saturated rings. The molecule has 0 saturated heterocycles. The number of nitrogens with one attached hydrogen (secondary N) is 2. The number of aryl methyl sites for hydroxylation is 1. The minimum absolute atomic E-state index is 0.129. The smallest absolute Gasteiger partial charge is 0.267 e. The predicted molar refractivity (Wildman–Crippen MR) is 91.7 cm³/mol. The lowest BCUT2D eigenvalue weighted by Crippen LogP contribution is -2.30. The van der Waals surface area contributed by atoms with Gasteiger partial charge in [0.25, 0.3) is 5.91 Å². The highest BCUT2D eigenvalue weighted by Gasteiger charge is 2.17. The second kappa shape index (κ2) is 7.12. The Balaban J connectivity index is 1.64. The minimum atomic E-state index is -0.713. The van der Waals surface area contributed by atoms with Gasteiger partial charge < -0.3 is 4.74 Å². The Hall–Kier alpha value is -3.22. The second-order valence-electron chi connectivity index (χ2n) is 5.58. The van der Waals surface area contributed by atoms with Crippen LogP contribution in [0.3, 0.4) is 0 Å². The van der Waals surface area contributed by atoms with E-state index < -0.39 is 6.10 Å². The normalized spacial score (nSPS) is 11.8. The molecule has 128 valence electrons. The fourth-order valence-corrected chi connectivity index (χ4v) is 2.21. The van der Waals surface area contributed by atoms with E-state index in [0.29, 0.717) is 17.1 Å². The van der Waals surface area contributed by atoms with E-state index in [2.05, 4.69) is 20.5 Å². The molecule has 0 saturated carbocycles. The number of rotatable bonds is 5. The summed E-state index contributed by atoms with van der Waals surface area (Å²) in [6, 6.07) is 13.2. The number of hydrogen-bond acceptors (Lipinski definition) is 4.